The van der Waals surface area contributed by atoms with Crippen LogP contribution in [-0.4, -0.2) is 18.4 Å². The molecule has 7 atom stereocenters. The number of hydrogen-bond acceptors (Lipinski definition) is 3. The summed E-state index contributed by atoms with van der Waals surface area (Å²) in [6, 6.07) is 9.24. The number of Topliss-reactive ketones (excluding diaryl/α,β-unsaturated/α-hetero) is 1. The number of rotatable bonds is 8. The number of fused-ring (bicyclic) bond motifs is 4. The number of esters is 1. The van der Waals surface area contributed by atoms with E-state index in [0.29, 0.717) is 47.0 Å². The lowest BCUT2D eigenvalue weighted by Crippen LogP contribution is -2.46. The first-order chi connectivity index (χ1) is 17.7. The third-order valence-electron chi connectivity index (χ3n) is 11.3. The second kappa shape index (κ2) is 10.7. The van der Waals surface area contributed by atoms with E-state index in [0.717, 1.165) is 31.6 Å². The topological polar surface area (TPSA) is 43.4 Å². The minimum Gasteiger partial charge on any atom is -0.462 e. The van der Waals surface area contributed by atoms with Gasteiger partial charge in [-0.05, 0) is 97.5 Å². The van der Waals surface area contributed by atoms with E-state index < -0.39 is 0 Å². The summed E-state index contributed by atoms with van der Waals surface area (Å²) in [4.78, 5) is 25.8. The molecule has 3 nitrogen and oxygen atoms in total. The molecule has 0 heterocycles. The molecule has 0 bridgehead atoms. The molecular weight excluding hydrogens is 456 g/mol. The van der Waals surface area contributed by atoms with Crippen molar-refractivity contribution >= 4 is 11.8 Å². The summed E-state index contributed by atoms with van der Waals surface area (Å²) in [6.45, 7) is 10.1. The van der Waals surface area contributed by atoms with E-state index in [4.69, 9.17) is 4.74 Å². The lowest BCUT2D eigenvalue weighted by atomic mass is 9.49. The fourth-order valence-electron chi connectivity index (χ4n) is 9.18. The van der Waals surface area contributed by atoms with E-state index in [1.54, 1.807) is 17.7 Å². The number of ketones is 1. The van der Waals surface area contributed by atoms with Gasteiger partial charge in [0, 0.05) is 12.0 Å². The zero-order valence-electron chi connectivity index (χ0n) is 23.7. The van der Waals surface area contributed by atoms with Gasteiger partial charge in [-0.3, -0.25) is 4.79 Å². The molecule has 4 aliphatic rings. The second-order valence-corrected chi connectivity index (χ2v) is 13.6. The molecule has 1 aromatic carbocycles. The fourth-order valence-corrected chi connectivity index (χ4v) is 9.18. The van der Waals surface area contributed by atoms with Crippen molar-refractivity contribution in [3.05, 3.63) is 47.0 Å². The Morgan fingerprint density at radius 2 is 1.81 bits per heavy atom. The second-order valence-electron chi connectivity index (χ2n) is 13.6. The van der Waals surface area contributed by atoms with Gasteiger partial charge in [0.15, 0.2) is 5.78 Å². The molecule has 0 saturated heterocycles. The Bertz CT molecular complexity index is 1020. The molecule has 37 heavy (non-hydrogen) atoms. The minimum atomic E-state index is -0.231. The van der Waals surface area contributed by atoms with Crippen LogP contribution in [0.2, 0.25) is 0 Å². The van der Waals surface area contributed by atoms with Crippen molar-refractivity contribution < 1.29 is 14.3 Å². The molecule has 0 N–H and O–H groups in total. The Morgan fingerprint density at radius 1 is 1.03 bits per heavy atom. The fraction of sp³-hybridized carbons (Fsp3) is 0.706. The van der Waals surface area contributed by atoms with Gasteiger partial charge in [-0.15, -0.1) is 0 Å². The molecule has 0 aliphatic heterocycles. The maximum absolute atomic E-state index is 13.6. The summed E-state index contributed by atoms with van der Waals surface area (Å²) in [5.41, 5.74) is 4.03. The smallest absolute Gasteiger partial charge is 0.338 e. The Kier molecular flexibility index (Phi) is 7.72. The maximum Gasteiger partial charge on any atom is 0.338 e. The Labute approximate surface area is 224 Å². The molecule has 0 amide bonds. The first kappa shape index (κ1) is 26.7. The number of allylic oxidation sites excluding steroid dienone is 2. The van der Waals surface area contributed by atoms with Gasteiger partial charge in [0.05, 0.1) is 12.2 Å². The van der Waals surface area contributed by atoms with E-state index in [1.807, 2.05) is 18.2 Å². The molecule has 3 heteroatoms. The van der Waals surface area contributed by atoms with Gasteiger partial charge in [0.2, 0.25) is 0 Å². The first-order valence-corrected chi connectivity index (χ1v) is 15.2. The lowest BCUT2D eigenvalue weighted by molar-refractivity contribution is -0.115. The minimum absolute atomic E-state index is 0.0804. The predicted molar refractivity (Wildman–Crippen MR) is 149 cm³/mol. The number of ether oxygens (including phenoxy) is 1. The van der Waals surface area contributed by atoms with Crippen molar-refractivity contribution in [2.24, 2.45) is 40.4 Å². The number of benzene rings is 1. The highest BCUT2D eigenvalue weighted by Crippen LogP contribution is 2.65. The highest BCUT2D eigenvalue weighted by Gasteiger charge is 2.57. The Balaban J connectivity index is 1.18. The Hall–Kier alpha value is -1.90. The molecule has 5 rings (SSSR count). The van der Waals surface area contributed by atoms with Crippen LogP contribution in [0.15, 0.2) is 41.5 Å². The summed E-state index contributed by atoms with van der Waals surface area (Å²) in [7, 11) is 0. The van der Waals surface area contributed by atoms with Gasteiger partial charge in [-0.1, -0.05) is 77.2 Å². The van der Waals surface area contributed by atoms with E-state index in [1.165, 1.54) is 56.9 Å². The van der Waals surface area contributed by atoms with Crippen LogP contribution in [-0.2, 0) is 9.53 Å². The van der Waals surface area contributed by atoms with Crippen LogP contribution >= 0.6 is 0 Å². The van der Waals surface area contributed by atoms with Crippen LogP contribution in [0.3, 0.4) is 0 Å². The molecule has 4 aliphatic carbocycles. The van der Waals surface area contributed by atoms with Gasteiger partial charge < -0.3 is 4.74 Å². The van der Waals surface area contributed by atoms with Crippen molar-refractivity contribution in [1.29, 1.82) is 0 Å². The van der Waals surface area contributed by atoms with Crippen molar-refractivity contribution in [3.8, 4) is 0 Å². The molecular formula is C34H48O3. The Morgan fingerprint density at radius 3 is 2.59 bits per heavy atom. The first-order valence-electron chi connectivity index (χ1n) is 15.2. The number of carbonyl (C=O) groups is 2. The molecule has 0 aromatic heterocycles. The normalized spacial score (nSPS) is 34.8. The quantitative estimate of drug-likeness (QED) is 0.333. The largest absolute Gasteiger partial charge is 0.462 e. The summed E-state index contributed by atoms with van der Waals surface area (Å²) < 4.78 is 5.55. The number of hydrogen-bond donors (Lipinski definition) is 0. The van der Waals surface area contributed by atoms with Crippen molar-refractivity contribution in [2.75, 3.05) is 6.61 Å². The maximum atomic E-state index is 13.6. The summed E-state index contributed by atoms with van der Waals surface area (Å²) in [6.07, 6.45) is 14.6. The van der Waals surface area contributed by atoms with E-state index in [2.05, 4.69) is 27.7 Å². The van der Waals surface area contributed by atoms with Gasteiger partial charge in [0.25, 0.3) is 0 Å². The van der Waals surface area contributed by atoms with Gasteiger partial charge in [0.1, 0.15) is 0 Å². The van der Waals surface area contributed by atoms with Crippen LogP contribution in [0.25, 0.3) is 0 Å². The third kappa shape index (κ3) is 4.97. The molecule has 3 fully saturated rings. The molecule has 0 radical (unpaired) electrons. The standard InChI is InChI=1S/C34H48O3/c1-23(22-37-32(36)25-13-6-5-7-14-25)11-10-12-24(2)29-21-30(35)31-27-17-16-26-15-8-9-19-33(26,3)28(27)18-20-34(29,31)4/h5-7,13-14,23-24,26,28-29H,8-12,15-22H2,1-4H3/t23?,24-,26?,28+,29-,33+,34-/m1/s1. The van der Waals surface area contributed by atoms with Crippen molar-refractivity contribution in [1.82, 2.24) is 0 Å². The molecule has 202 valence electrons. The van der Waals surface area contributed by atoms with E-state index in [9.17, 15) is 9.59 Å². The highest BCUT2D eigenvalue weighted by molar-refractivity contribution is 6.00. The zero-order valence-corrected chi connectivity index (χ0v) is 23.7. The molecule has 2 unspecified atom stereocenters. The van der Waals surface area contributed by atoms with Crippen molar-refractivity contribution in [3.63, 3.8) is 0 Å². The molecule has 3 saturated carbocycles. The van der Waals surface area contributed by atoms with Crippen LogP contribution < -0.4 is 0 Å². The lowest BCUT2D eigenvalue weighted by Gasteiger charge is -2.55. The van der Waals surface area contributed by atoms with Gasteiger partial charge >= 0.3 is 5.97 Å². The number of carbonyl (C=O) groups excluding carboxylic acids is 2. The SMILES string of the molecule is CC(CCC[C@@H](C)[C@H]1CC(=O)C2=C3CCC4CCCC[C@]4(C)[C@H]3CC[C@@]21C)COC(=O)c1ccccc1. The summed E-state index contributed by atoms with van der Waals surface area (Å²) in [5.74, 6) is 3.16. The molecule has 0 spiro atoms. The average molecular weight is 505 g/mol. The zero-order chi connectivity index (χ0) is 26.2. The van der Waals surface area contributed by atoms with Crippen LogP contribution in [0, 0.1) is 40.4 Å². The van der Waals surface area contributed by atoms with E-state index in [-0.39, 0.29) is 11.4 Å². The van der Waals surface area contributed by atoms with E-state index >= 15 is 0 Å². The predicted octanol–water partition coefficient (Wildman–Crippen LogP) is 8.58. The van der Waals surface area contributed by atoms with Crippen LogP contribution in [0.5, 0.6) is 0 Å². The van der Waals surface area contributed by atoms with Crippen LogP contribution in [0.4, 0.5) is 0 Å². The van der Waals surface area contributed by atoms with Crippen molar-refractivity contribution in [2.45, 2.75) is 105 Å². The monoisotopic (exact) mass is 504 g/mol. The van der Waals surface area contributed by atoms with Gasteiger partial charge in [-0.2, -0.15) is 0 Å². The average Bonchev–Trinajstić information content (AvgIpc) is 3.17. The highest BCUT2D eigenvalue weighted by atomic mass is 16.5. The summed E-state index contributed by atoms with van der Waals surface area (Å²) in [5, 5.41) is 0. The molecule has 1 aromatic rings. The van der Waals surface area contributed by atoms with Crippen LogP contribution in [0.1, 0.15) is 115 Å². The summed E-state index contributed by atoms with van der Waals surface area (Å²) >= 11 is 0. The third-order valence-corrected chi connectivity index (χ3v) is 11.3. The van der Waals surface area contributed by atoms with Gasteiger partial charge in [-0.25, -0.2) is 4.79 Å².